The molecule has 0 saturated heterocycles. The van der Waals surface area contributed by atoms with Crippen LogP contribution in [0.1, 0.15) is 39.7 Å². The number of aromatic nitrogens is 12. The van der Waals surface area contributed by atoms with Crippen molar-refractivity contribution in [3.63, 3.8) is 0 Å². The second kappa shape index (κ2) is 18.0. The summed E-state index contributed by atoms with van der Waals surface area (Å²) in [4.78, 5) is 38.4. The lowest BCUT2D eigenvalue weighted by molar-refractivity contribution is 0.0785. The van der Waals surface area contributed by atoms with Gasteiger partial charge >= 0.3 is 0 Å². The van der Waals surface area contributed by atoms with E-state index in [1.54, 1.807) is 12.0 Å². The van der Waals surface area contributed by atoms with Crippen molar-refractivity contribution in [3.05, 3.63) is 161 Å². The lowest BCUT2D eigenvalue weighted by Gasteiger charge is -2.17. The van der Waals surface area contributed by atoms with E-state index in [1.165, 1.54) is 11.1 Å². The molecule has 0 spiro atoms. The van der Waals surface area contributed by atoms with Crippen molar-refractivity contribution in [2.24, 2.45) is 0 Å². The van der Waals surface area contributed by atoms with Crippen molar-refractivity contribution in [1.29, 1.82) is 0 Å². The lowest BCUT2D eigenvalue weighted by atomic mass is 10.1. The minimum atomic E-state index is -0.0304. The second-order valence-corrected chi connectivity index (χ2v) is 16.3. The molecule has 0 aliphatic carbocycles. The smallest absolute Gasteiger partial charge is 0.253 e. The van der Waals surface area contributed by atoms with Gasteiger partial charge in [0.25, 0.3) is 5.91 Å². The average molecular weight is 886 g/mol. The highest BCUT2D eigenvalue weighted by molar-refractivity contribution is 5.99. The van der Waals surface area contributed by atoms with Crippen molar-refractivity contribution in [1.82, 2.24) is 65.4 Å². The molecular formula is C52H47N13O2. The average Bonchev–Trinajstić information content (AvgIpc) is 4.23. The number of nitrogens with one attached hydrogen (secondary N) is 6. The molecule has 0 bridgehead atoms. The molecule has 12 rings (SSSR count). The van der Waals surface area contributed by atoms with Crippen LogP contribution in [0.3, 0.4) is 0 Å². The van der Waals surface area contributed by atoms with Crippen LogP contribution in [-0.4, -0.2) is 85.5 Å². The van der Waals surface area contributed by atoms with Gasteiger partial charge in [-0.3, -0.25) is 20.1 Å². The van der Waals surface area contributed by atoms with E-state index in [1.807, 2.05) is 128 Å². The van der Waals surface area contributed by atoms with Crippen LogP contribution in [0, 0.1) is 13.8 Å². The van der Waals surface area contributed by atoms with Crippen LogP contribution in [0.4, 0.5) is 0 Å². The molecule has 15 nitrogen and oxygen atoms in total. The third kappa shape index (κ3) is 8.60. The Morgan fingerprint density at radius 2 is 1.13 bits per heavy atom. The van der Waals surface area contributed by atoms with Crippen molar-refractivity contribution in [2.75, 3.05) is 14.2 Å². The Morgan fingerprint density at radius 3 is 1.78 bits per heavy atom. The Hall–Kier alpha value is -8.85. The van der Waals surface area contributed by atoms with Crippen LogP contribution in [0.15, 0.2) is 133 Å². The molecule has 332 valence electrons. The van der Waals surface area contributed by atoms with Crippen LogP contribution in [0.5, 0.6) is 5.75 Å². The van der Waals surface area contributed by atoms with Crippen LogP contribution in [0.25, 0.3) is 89.5 Å². The highest BCUT2D eigenvalue weighted by atomic mass is 16.5. The summed E-state index contributed by atoms with van der Waals surface area (Å²) in [6.07, 6.45) is 0.950. The van der Waals surface area contributed by atoms with Gasteiger partial charge in [0.05, 0.1) is 51.2 Å². The van der Waals surface area contributed by atoms with Crippen molar-refractivity contribution in [3.8, 4) is 40.3 Å². The number of nitrogens with zero attached hydrogens (tertiary/aromatic N) is 7. The number of methoxy groups -OCH3 is 1. The zero-order valence-corrected chi connectivity index (χ0v) is 37.6. The van der Waals surface area contributed by atoms with Gasteiger partial charge in [0.15, 0.2) is 17.5 Å². The van der Waals surface area contributed by atoms with Crippen molar-refractivity contribution < 1.29 is 9.53 Å². The first-order valence-corrected chi connectivity index (χ1v) is 21.9. The van der Waals surface area contributed by atoms with Crippen LogP contribution < -0.4 is 4.74 Å². The second-order valence-electron chi connectivity index (χ2n) is 16.3. The first-order chi connectivity index (χ1) is 32.7. The number of fused-ring (bicyclic) bond motifs is 5. The molecule has 6 aromatic heterocycles. The van der Waals surface area contributed by atoms with Gasteiger partial charge < -0.3 is 24.6 Å². The number of aromatic amines is 6. The summed E-state index contributed by atoms with van der Waals surface area (Å²) >= 11 is 0. The number of rotatable bonds is 8. The Bertz CT molecular complexity index is 3640. The van der Waals surface area contributed by atoms with E-state index >= 15 is 0 Å². The number of amides is 1. The van der Waals surface area contributed by atoms with Crippen LogP contribution >= 0.6 is 0 Å². The lowest BCUT2D eigenvalue weighted by Crippen LogP contribution is -2.26. The number of aryl methyl sites for hydroxylation is 3. The molecule has 6 heterocycles. The number of hydrogen-bond donors (Lipinski definition) is 6. The van der Waals surface area contributed by atoms with Crippen LogP contribution in [-0.2, 0) is 13.0 Å². The predicted octanol–water partition coefficient (Wildman–Crippen LogP) is 10.6. The van der Waals surface area contributed by atoms with Gasteiger partial charge in [-0.1, -0.05) is 73.7 Å². The maximum Gasteiger partial charge on any atom is 0.253 e. The van der Waals surface area contributed by atoms with Gasteiger partial charge in [-0.05, 0) is 97.6 Å². The molecule has 0 aliphatic heterocycles. The molecule has 0 fully saturated rings. The summed E-state index contributed by atoms with van der Waals surface area (Å²) in [5.74, 6) is 3.04. The molecule has 0 atom stereocenters. The van der Waals surface area contributed by atoms with E-state index in [9.17, 15) is 4.79 Å². The van der Waals surface area contributed by atoms with E-state index in [2.05, 4.69) is 93.4 Å². The summed E-state index contributed by atoms with van der Waals surface area (Å²) in [7, 11) is 3.47. The number of para-hydroxylation sites is 2. The number of carbonyl (C=O) groups excluding carboxylic acids is 1. The molecule has 0 saturated carbocycles. The number of ether oxygens (including phenoxy) is 1. The molecule has 12 aromatic rings. The van der Waals surface area contributed by atoms with E-state index in [0.29, 0.717) is 17.9 Å². The molecule has 1 amide bonds. The standard InChI is InChI=1S/C23H19N5O.C15H12N4O.C14H16N4/c1-28(14-15-7-3-2-4-8-15)23(29)16-11-12-19-20(13-16)25-22(24-19)21-17-9-5-6-10-18(17)26-27-21;1-20-9-6-7-12-13(8-9)17-15(16-12)14-10-4-2-3-5-11(10)18-19-14;1-4-10-7-13(18-17-10)14-15-11-5-8(2)9(3)6-12(11)16-14/h2-13H,14H2,1H3,(H,24,25)(H,26,27);2-8H,1H3,(H,16,17)(H,18,19);5-7H,4H2,1-3H3,(H,15,16)(H,17,18). The molecular weight excluding hydrogens is 839 g/mol. The van der Waals surface area contributed by atoms with E-state index in [0.717, 1.165) is 107 Å². The van der Waals surface area contributed by atoms with Gasteiger partial charge in [-0.25, -0.2) is 15.0 Å². The molecule has 0 unspecified atom stereocenters. The third-order valence-corrected chi connectivity index (χ3v) is 11.8. The Balaban J connectivity index is 0.000000122. The zero-order valence-electron chi connectivity index (χ0n) is 37.6. The summed E-state index contributed by atoms with van der Waals surface area (Å²) in [5, 5.41) is 24.1. The number of imidazole rings is 3. The fourth-order valence-corrected chi connectivity index (χ4v) is 7.97. The minimum Gasteiger partial charge on any atom is -0.497 e. The van der Waals surface area contributed by atoms with Gasteiger partial charge in [-0.15, -0.1) is 0 Å². The highest BCUT2D eigenvalue weighted by Gasteiger charge is 2.17. The Labute approximate surface area is 384 Å². The monoisotopic (exact) mass is 885 g/mol. The number of hydrogen-bond acceptors (Lipinski definition) is 8. The van der Waals surface area contributed by atoms with Gasteiger partial charge in [-0.2, -0.15) is 15.3 Å². The Morgan fingerprint density at radius 1 is 0.567 bits per heavy atom. The predicted molar refractivity (Wildman–Crippen MR) is 264 cm³/mol. The highest BCUT2D eigenvalue weighted by Crippen LogP contribution is 2.29. The fourth-order valence-electron chi connectivity index (χ4n) is 7.97. The third-order valence-electron chi connectivity index (χ3n) is 11.8. The Kier molecular flexibility index (Phi) is 11.3. The number of benzene rings is 6. The fraction of sp³-hybridized carbons (Fsp3) is 0.135. The molecule has 0 radical (unpaired) electrons. The van der Waals surface area contributed by atoms with E-state index in [-0.39, 0.29) is 5.91 Å². The molecule has 15 heteroatoms. The first kappa shape index (κ1) is 42.1. The minimum absolute atomic E-state index is 0.0304. The maximum absolute atomic E-state index is 12.9. The SMILES string of the molecule is CCc1cc(-c2nc3cc(C)c(C)cc3[nH]2)n[nH]1.CN(Cc1ccccc1)C(=O)c1ccc2nc(-c3n[nH]c4ccccc34)[nH]c2c1.COc1ccc2nc(-c3n[nH]c4ccccc34)[nH]c2c1. The van der Waals surface area contributed by atoms with E-state index in [4.69, 9.17) is 4.74 Å². The van der Waals surface area contributed by atoms with Gasteiger partial charge in [0.1, 0.15) is 22.8 Å². The number of H-pyrrole nitrogens is 6. The first-order valence-electron chi connectivity index (χ1n) is 21.9. The topological polar surface area (TPSA) is 202 Å². The maximum atomic E-state index is 12.9. The quantitative estimate of drug-likeness (QED) is 0.0865. The van der Waals surface area contributed by atoms with Gasteiger partial charge in [0, 0.05) is 41.7 Å². The summed E-state index contributed by atoms with van der Waals surface area (Å²) in [6.45, 7) is 6.87. The molecule has 67 heavy (non-hydrogen) atoms. The molecule has 6 N–H and O–H groups in total. The largest absolute Gasteiger partial charge is 0.497 e. The van der Waals surface area contributed by atoms with E-state index < -0.39 is 0 Å². The van der Waals surface area contributed by atoms with Crippen molar-refractivity contribution >= 4 is 60.8 Å². The summed E-state index contributed by atoms with van der Waals surface area (Å²) in [5.41, 5.74) is 15.3. The summed E-state index contributed by atoms with van der Waals surface area (Å²) in [6, 6.07) is 43.5. The summed E-state index contributed by atoms with van der Waals surface area (Å²) < 4.78 is 5.22. The normalized spacial score (nSPS) is 11.2. The van der Waals surface area contributed by atoms with Crippen LogP contribution in [0.2, 0.25) is 0 Å². The molecule has 6 aromatic carbocycles. The van der Waals surface area contributed by atoms with Gasteiger partial charge in [0.2, 0.25) is 0 Å². The molecule has 0 aliphatic rings. The zero-order chi connectivity index (χ0) is 46.0. The van der Waals surface area contributed by atoms with Crippen molar-refractivity contribution in [2.45, 2.75) is 33.7 Å². The number of carbonyl (C=O) groups is 1.